The summed E-state index contributed by atoms with van der Waals surface area (Å²) in [6.45, 7) is 1.76. The maximum Gasteiger partial charge on any atom is 0.256 e. The van der Waals surface area contributed by atoms with E-state index in [9.17, 15) is 13.6 Å². The zero-order valence-corrected chi connectivity index (χ0v) is 15.3. The SMILES string of the molecule is Cc1nn(C)c2nc(-c3cccs3)cc(C(=O)Nc3c(F)cccc3F)c12. The molecule has 0 aliphatic rings. The van der Waals surface area contributed by atoms with Gasteiger partial charge in [-0.1, -0.05) is 12.1 Å². The Morgan fingerprint density at radius 1 is 1.19 bits per heavy atom. The second-order valence-corrected chi connectivity index (χ2v) is 6.94. The number of anilines is 1. The van der Waals surface area contributed by atoms with E-state index in [2.05, 4.69) is 15.4 Å². The number of benzene rings is 1. The second kappa shape index (κ2) is 6.55. The van der Waals surface area contributed by atoms with Crippen molar-refractivity contribution in [3.05, 3.63) is 64.7 Å². The Kier molecular flexibility index (Phi) is 4.19. The molecule has 0 saturated carbocycles. The first kappa shape index (κ1) is 17.3. The monoisotopic (exact) mass is 384 g/mol. The average molecular weight is 384 g/mol. The Balaban J connectivity index is 1.88. The lowest BCUT2D eigenvalue weighted by Gasteiger charge is -2.10. The summed E-state index contributed by atoms with van der Waals surface area (Å²) < 4.78 is 29.5. The molecule has 5 nitrogen and oxygen atoms in total. The molecular formula is C19H14F2N4OS. The maximum atomic E-state index is 13.9. The molecule has 0 fully saturated rings. The van der Waals surface area contributed by atoms with E-state index in [-0.39, 0.29) is 5.56 Å². The van der Waals surface area contributed by atoms with Crippen molar-refractivity contribution in [3.63, 3.8) is 0 Å². The van der Waals surface area contributed by atoms with Gasteiger partial charge in [0.15, 0.2) is 5.65 Å². The van der Waals surface area contributed by atoms with Gasteiger partial charge < -0.3 is 5.32 Å². The molecule has 0 spiro atoms. The molecule has 4 rings (SSSR count). The van der Waals surface area contributed by atoms with Gasteiger partial charge >= 0.3 is 0 Å². The number of amides is 1. The lowest BCUT2D eigenvalue weighted by atomic mass is 10.1. The number of carbonyl (C=O) groups is 1. The molecule has 3 heterocycles. The lowest BCUT2D eigenvalue weighted by molar-refractivity contribution is 0.102. The van der Waals surface area contributed by atoms with Crippen molar-refractivity contribution in [1.82, 2.24) is 14.8 Å². The highest BCUT2D eigenvalue weighted by molar-refractivity contribution is 7.13. The fraction of sp³-hybridized carbons (Fsp3) is 0.105. The summed E-state index contributed by atoms with van der Waals surface area (Å²) in [5.74, 6) is -2.30. The number of aromatic nitrogens is 3. The van der Waals surface area contributed by atoms with Crippen LogP contribution in [0.25, 0.3) is 21.6 Å². The third kappa shape index (κ3) is 2.97. The number of para-hydroxylation sites is 1. The van der Waals surface area contributed by atoms with Crippen LogP contribution in [0.1, 0.15) is 16.1 Å². The summed E-state index contributed by atoms with van der Waals surface area (Å²) in [6, 6.07) is 8.82. The van der Waals surface area contributed by atoms with E-state index in [4.69, 9.17) is 0 Å². The summed E-state index contributed by atoms with van der Waals surface area (Å²) in [6.07, 6.45) is 0. The van der Waals surface area contributed by atoms with Crippen LogP contribution in [0.5, 0.6) is 0 Å². The van der Waals surface area contributed by atoms with Crippen molar-refractivity contribution in [2.75, 3.05) is 5.32 Å². The normalized spacial score (nSPS) is 11.1. The molecule has 0 radical (unpaired) electrons. The molecular weight excluding hydrogens is 370 g/mol. The van der Waals surface area contributed by atoms with E-state index in [0.717, 1.165) is 17.0 Å². The predicted molar refractivity (Wildman–Crippen MR) is 101 cm³/mol. The third-order valence-corrected chi connectivity index (χ3v) is 5.08. The van der Waals surface area contributed by atoms with Crippen LogP contribution in [-0.4, -0.2) is 20.7 Å². The van der Waals surface area contributed by atoms with Gasteiger partial charge in [-0.15, -0.1) is 11.3 Å². The molecule has 1 aromatic carbocycles. The lowest BCUT2D eigenvalue weighted by Crippen LogP contribution is -2.15. The van der Waals surface area contributed by atoms with Gasteiger partial charge in [-0.05, 0) is 36.6 Å². The van der Waals surface area contributed by atoms with Crippen molar-refractivity contribution >= 4 is 34.0 Å². The van der Waals surface area contributed by atoms with Crippen LogP contribution >= 0.6 is 11.3 Å². The minimum absolute atomic E-state index is 0.261. The number of hydrogen-bond acceptors (Lipinski definition) is 4. The number of hydrogen-bond donors (Lipinski definition) is 1. The predicted octanol–water partition coefficient (Wildman–Crippen LogP) is 4.54. The number of halogens is 2. The summed E-state index contributed by atoms with van der Waals surface area (Å²) in [7, 11) is 1.73. The Bertz CT molecular complexity index is 1150. The number of nitrogens with one attached hydrogen (secondary N) is 1. The number of pyridine rings is 1. The van der Waals surface area contributed by atoms with Gasteiger partial charge in [0.2, 0.25) is 0 Å². The molecule has 27 heavy (non-hydrogen) atoms. The minimum Gasteiger partial charge on any atom is -0.317 e. The number of fused-ring (bicyclic) bond motifs is 1. The molecule has 0 atom stereocenters. The van der Waals surface area contributed by atoms with E-state index < -0.39 is 23.2 Å². The molecule has 4 aromatic rings. The van der Waals surface area contributed by atoms with Crippen molar-refractivity contribution < 1.29 is 13.6 Å². The van der Waals surface area contributed by atoms with Crippen molar-refractivity contribution in [2.24, 2.45) is 7.05 Å². The Morgan fingerprint density at radius 3 is 2.59 bits per heavy atom. The summed E-state index contributed by atoms with van der Waals surface area (Å²) >= 11 is 1.48. The first-order valence-electron chi connectivity index (χ1n) is 8.09. The smallest absolute Gasteiger partial charge is 0.256 e. The first-order valence-corrected chi connectivity index (χ1v) is 8.97. The second-order valence-electron chi connectivity index (χ2n) is 5.99. The van der Waals surface area contributed by atoms with Gasteiger partial charge in [0, 0.05) is 7.05 Å². The molecule has 1 amide bonds. The molecule has 136 valence electrons. The van der Waals surface area contributed by atoms with Crippen LogP contribution in [0.15, 0.2) is 41.8 Å². The minimum atomic E-state index is -0.838. The molecule has 0 unspecified atom stereocenters. The van der Waals surface area contributed by atoms with Crippen molar-refractivity contribution in [3.8, 4) is 10.6 Å². The van der Waals surface area contributed by atoms with E-state index >= 15 is 0 Å². The van der Waals surface area contributed by atoms with Crippen LogP contribution in [0.2, 0.25) is 0 Å². The quantitative estimate of drug-likeness (QED) is 0.564. The molecule has 0 aliphatic carbocycles. The topological polar surface area (TPSA) is 59.8 Å². The largest absolute Gasteiger partial charge is 0.317 e. The van der Waals surface area contributed by atoms with Crippen molar-refractivity contribution in [1.29, 1.82) is 0 Å². The van der Waals surface area contributed by atoms with Crippen LogP contribution in [0, 0.1) is 18.6 Å². The molecule has 0 saturated heterocycles. The van der Waals surface area contributed by atoms with Crippen LogP contribution in [0.3, 0.4) is 0 Å². The summed E-state index contributed by atoms with van der Waals surface area (Å²) in [4.78, 5) is 18.4. The Labute approximate surface area is 157 Å². The van der Waals surface area contributed by atoms with Gasteiger partial charge in [-0.25, -0.2) is 13.8 Å². The van der Waals surface area contributed by atoms with Gasteiger partial charge in [0.25, 0.3) is 5.91 Å². The maximum absolute atomic E-state index is 13.9. The van der Waals surface area contributed by atoms with Crippen LogP contribution < -0.4 is 5.32 Å². The zero-order chi connectivity index (χ0) is 19.1. The molecule has 0 bridgehead atoms. The van der Waals surface area contributed by atoms with Crippen molar-refractivity contribution in [2.45, 2.75) is 6.92 Å². The Hall–Kier alpha value is -3.13. The number of rotatable bonds is 3. The van der Waals surface area contributed by atoms with Gasteiger partial charge in [-0.3, -0.25) is 9.48 Å². The number of aryl methyl sites for hydroxylation is 2. The van der Waals surface area contributed by atoms with Gasteiger partial charge in [0.1, 0.15) is 17.3 Å². The van der Waals surface area contributed by atoms with E-state index in [1.165, 1.54) is 17.4 Å². The van der Waals surface area contributed by atoms with Gasteiger partial charge in [-0.2, -0.15) is 5.10 Å². The molecule has 0 aliphatic heterocycles. The standard InChI is InChI=1S/C19H14F2N4OS/c1-10-16-11(19(26)23-17-12(20)5-3-6-13(17)21)9-14(15-7-4-8-27-15)22-18(16)25(2)24-10/h3-9H,1-2H3,(H,23,26). The third-order valence-electron chi connectivity index (χ3n) is 4.19. The molecule has 1 N–H and O–H groups in total. The number of carbonyl (C=O) groups excluding carboxylic acids is 1. The highest BCUT2D eigenvalue weighted by Crippen LogP contribution is 2.30. The molecule has 3 aromatic heterocycles. The fourth-order valence-corrected chi connectivity index (χ4v) is 3.66. The Morgan fingerprint density at radius 2 is 1.93 bits per heavy atom. The highest BCUT2D eigenvalue weighted by atomic mass is 32.1. The zero-order valence-electron chi connectivity index (χ0n) is 14.5. The first-order chi connectivity index (χ1) is 13.0. The van der Waals surface area contributed by atoms with Gasteiger partial charge in [0.05, 0.1) is 27.2 Å². The van der Waals surface area contributed by atoms with Crippen LogP contribution in [0.4, 0.5) is 14.5 Å². The van der Waals surface area contributed by atoms with E-state index in [1.54, 1.807) is 24.7 Å². The van der Waals surface area contributed by atoms with E-state index in [0.29, 0.717) is 22.4 Å². The van der Waals surface area contributed by atoms with E-state index in [1.807, 2.05) is 17.5 Å². The van der Waals surface area contributed by atoms with Crippen LogP contribution in [-0.2, 0) is 7.05 Å². The summed E-state index contributed by atoms with van der Waals surface area (Å²) in [5, 5.41) is 9.13. The average Bonchev–Trinajstić information content (AvgIpc) is 3.26. The highest BCUT2D eigenvalue weighted by Gasteiger charge is 2.21. The number of nitrogens with zero attached hydrogens (tertiary/aromatic N) is 3. The fourth-order valence-electron chi connectivity index (χ4n) is 2.97. The summed E-state index contributed by atoms with van der Waals surface area (Å²) in [5.41, 5.74) is 1.51. The number of thiophene rings is 1. The molecule has 8 heteroatoms.